The summed E-state index contributed by atoms with van der Waals surface area (Å²) in [6.07, 6.45) is 2.21. The first kappa shape index (κ1) is 12.7. The second-order valence-electron chi connectivity index (χ2n) is 4.80. The van der Waals surface area contributed by atoms with E-state index in [1.54, 1.807) is 23.5 Å². The van der Waals surface area contributed by atoms with Gasteiger partial charge in [0.05, 0.1) is 10.6 Å². The third-order valence-electron chi connectivity index (χ3n) is 3.62. The fraction of sp³-hybridized carbons (Fsp3) is 0.500. The molecule has 4 heterocycles. The predicted octanol–water partition coefficient (Wildman–Crippen LogP) is 2.47. The molecule has 3 nitrogen and oxygen atoms in total. The van der Waals surface area contributed by atoms with Gasteiger partial charge in [-0.25, -0.2) is 4.98 Å². The molecule has 19 heavy (non-hydrogen) atoms. The number of nitrogens with zero attached hydrogens (tertiary/aromatic N) is 2. The standard InChI is InChI=1S/C12H12N2OS4/c15-11-10-9(7-5-17-2-1-8(7)19-10)13-12-14(11)3-6(4-16)18-12/h1-2,6-8,16H,3-5H2. The van der Waals surface area contributed by atoms with Crippen molar-refractivity contribution in [3.05, 3.63) is 27.5 Å². The number of thiol groups is 1. The highest BCUT2D eigenvalue weighted by molar-refractivity contribution is 8.03. The van der Waals surface area contributed by atoms with Gasteiger partial charge < -0.3 is 0 Å². The van der Waals surface area contributed by atoms with Gasteiger partial charge in [-0.15, -0.1) is 23.5 Å². The van der Waals surface area contributed by atoms with Gasteiger partial charge in [0.2, 0.25) is 0 Å². The van der Waals surface area contributed by atoms with Crippen molar-refractivity contribution < 1.29 is 0 Å². The third kappa shape index (κ3) is 1.92. The van der Waals surface area contributed by atoms with E-state index < -0.39 is 0 Å². The lowest BCUT2D eigenvalue weighted by molar-refractivity contribution is 0.588. The van der Waals surface area contributed by atoms with E-state index in [4.69, 9.17) is 4.98 Å². The van der Waals surface area contributed by atoms with Gasteiger partial charge in [-0.3, -0.25) is 9.36 Å². The molecule has 100 valence electrons. The first-order valence-corrected chi connectivity index (χ1v) is 9.59. The lowest BCUT2D eigenvalue weighted by atomic mass is 10.0. The van der Waals surface area contributed by atoms with Gasteiger partial charge in [0.15, 0.2) is 5.16 Å². The fourth-order valence-electron chi connectivity index (χ4n) is 2.64. The van der Waals surface area contributed by atoms with Crippen molar-refractivity contribution in [2.45, 2.75) is 33.0 Å². The van der Waals surface area contributed by atoms with Crippen molar-refractivity contribution in [2.75, 3.05) is 11.5 Å². The molecule has 4 rings (SSSR count). The Morgan fingerprint density at radius 1 is 1.47 bits per heavy atom. The molecule has 3 aliphatic rings. The molecule has 1 aromatic rings. The zero-order valence-electron chi connectivity index (χ0n) is 9.98. The Morgan fingerprint density at radius 2 is 2.37 bits per heavy atom. The molecule has 0 saturated carbocycles. The highest BCUT2D eigenvalue weighted by atomic mass is 32.2. The Labute approximate surface area is 129 Å². The minimum atomic E-state index is 0.162. The van der Waals surface area contributed by atoms with Crippen LogP contribution in [0.15, 0.2) is 26.3 Å². The number of hydrogen-bond donors (Lipinski definition) is 1. The van der Waals surface area contributed by atoms with Gasteiger partial charge in [-0.1, -0.05) is 17.8 Å². The van der Waals surface area contributed by atoms with Crippen molar-refractivity contribution in [1.29, 1.82) is 0 Å². The summed E-state index contributed by atoms with van der Waals surface area (Å²) in [6, 6.07) is 0. The van der Waals surface area contributed by atoms with Crippen LogP contribution in [-0.2, 0) is 6.54 Å². The van der Waals surface area contributed by atoms with Crippen molar-refractivity contribution in [3.8, 4) is 0 Å². The number of rotatable bonds is 1. The average Bonchev–Trinajstić information content (AvgIpc) is 3.01. The molecule has 0 bridgehead atoms. The maximum Gasteiger partial charge on any atom is 0.268 e. The Hall–Kier alpha value is 0.0200. The van der Waals surface area contributed by atoms with Crippen LogP contribution >= 0.6 is 47.9 Å². The summed E-state index contributed by atoms with van der Waals surface area (Å²) in [5.74, 6) is 2.23. The Morgan fingerprint density at radius 3 is 3.21 bits per heavy atom. The first-order chi connectivity index (χ1) is 9.28. The summed E-state index contributed by atoms with van der Waals surface area (Å²) in [4.78, 5) is 18.3. The van der Waals surface area contributed by atoms with E-state index in [0.29, 0.717) is 16.4 Å². The van der Waals surface area contributed by atoms with E-state index in [2.05, 4.69) is 24.1 Å². The molecule has 7 heteroatoms. The molecular weight excluding hydrogens is 316 g/mol. The quantitative estimate of drug-likeness (QED) is 0.633. The van der Waals surface area contributed by atoms with E-state index in [1.807, 2.05) is 16.3 Å². The molecule has 0 spiro atoms. The van der Waals surface area contributed by atoms with Gasteiger partial charge >= 0.3 is 0 Å². The minimum Gasteiger partial charge on any atom is -0.285 e. The lowest BCUT2D eigenvalue weighted by Gasteiger charge is -2.18. The van der Waals surface area contributed by atoms with E-state index in [9.17, 15) is 4.79 Å². The van der Waals surface area contributed by atoms with Crippen molar-refractivity contribution in [2.24, 2.45) is 0 Å². The van der Waals surface area contributed by atoms with Crippen LogP contribution in [0.1, 0.15) is 11.6 Å². The molecule has 3 unspecified atom stereocenters. The summed E-state index contributed by atoms with van der Waals surface area (Å²) in [5.41, 5.74) is 1.20. The molecule has 1 aromatic heterocycles. The molecule has 0 saturated heterocycles. The molecule has 0 radical (unpaired) electrons. The van der Waals surface area contributed by atoms with Crippen LogP contribution in [0.2, 0.25) is 0 Å². The number of aromatic nitrogens is 2. The summed E-state index contributed by atoms with van der Waals surface area (Å²) in [7, 11) is 0. The number of fused-ring (bicyclic) bond motifs is 4. The Kier molecular flexibility index (Phi) is 3.21. The van der Waals surface area contributed by atoms with Gasteiger partial charge in [0.1, 0.15) is 0 Å². The SMILES string of the molecule is O=c1c2c(nc3n1CC(CS)S3)C1CSC=CC1S2. The van der Waals surface area contributed by atoms with Crippen LogP contribution in [0.3, 0.4) is 0 Å². The van der Waals surface area contributed by atoms with Crippen LogP contribution in [0, 0.1) is 0 Å². The zero-order chi connectivity index (χ0) is 13.0. The number of thioether (sulfide) groups is 3. The maximum absolute atomic E-state index is 12.6. The van der Waals surface area contributed by atoms with Crippen LogP contribution in [0.4, 0.5) is 0 Å². The largest absolute Gasteiger partial charge is 0.285 e. The van der Waals surface area contributed by atoms with Crippen LogP contribution < -0.4 is 5.56 Å². The molecule has 0 N–H and O–H groups in total. The molecule has 0 amide bonds. The number of hydrogen-bond acceptors (Lipinski definition) is 6. The molecule has 0 aromatic carbocycles. The monoisotopic (exact) mass is 328 g/mol. The lowest BCUT2D eigenvalue weighted by Crippen LogP contribution is -2.24. The minimum absolute atomic E-state index is 0.162. The summed E-state index contributed by atoms with van der Waals surface area (Å²) >= 11 is 9.55. The van der Waals surface area contributed by atoms with E-state index in [-0.39, 0.29) is 5.56 Å². The van der Waals surface area contributed by atoms with Crippen LogP contribution in [-0.4, -0.2) is 31.6 Å². The average molecular weight is 329 g/mol. The predicted molar refractivity (Wildman–Crippen MR) is 86.0 cm³/mol. The highest BCUT2D eigenvalue weighted by Crippen LogP contribution is 2.48. The van der Waals surface area contributed by atoms with Gasteiger partial charge in [0.25, 0.3) is 5.56 Å². The summed E-state index contributed by atoms with van der Waals surface area (Å²) in [6.45, 7) is 0.753. The molecule has 0 aliphatic carbocycles. The van der Waals surface area contributed by atoms with E-state index in [1.165, 1.54) is 0 Å². The summed E-state index contributed by atoms with van der Waals surface area (Å²) in [5, 5.41) is 3.83. The van der Waals surface area contributed by atoms with Gasteiger partial charge in [0, 0.05) is 34.5 Å². The zero-order valence-corrected chi connectivity index (χ0v) is 13.3. The smallest absolute Gasteiger partial charge is 0.268 e. The molecule has 3 aliphatic heterocycles. The van der Waals surface area contributed by atoms with Crippen LogP contribution in [0.5, 0.6) is 0 Å². The van der Waals surface area contributed by atoms with Crippen molar-refractivity contribution in [1.82, 2.24) is 9.55 Å². The third-order valence-corrected chi connectivity index (χ3v) is 7.76. The normalized spacial score (nSPS) is 31.1. The fourth-order valence-corrected chi connectivity index (χ4v) is 6.55. The topological polar surface area (TPSA) is 34.9 Å². The highest BCUT2D eigenvalue weighted by Gasteiger charge is 2.39. The molecule has 0 fully saturated rings. The van der Waals surface area contributed by atoms with E-state index >= 15 is 0 Å². The second kappa shape index (κ2) is 4.79. The van der Waals surface area contributed by atoms with Crippen molar-refractivity contribution in [3.63, 3.8) is 0 Å². The molecule has 3 atom stereocenters. The van der Waals surface area contributed by atoms with Gasteiger partial charge in [-0.2, -0.15) is 12.6 Å². The first-order valence-electron chi connectivity index (χ1n) is 6.15. The van der Waals surface area contributed by atoms with Gasteiger partial charge in [-0.05, 0) is 5.41 Å². The van der Waals surface area contributed by atoms with Crippen LogP contribution in [0.25, 0.3) is 0 Å². The Bertz CT molecular complexity index is 627. The second-order valence-corrected chi connectivity index (χ2v) is 8.56. The van der Waals surface area contributed by atoms with Crippen molar-refractivity contribution >= 4 is 47.9 Å². The maximum atomic E-state index is 12.6. The van der Waals surface area contributed by atoms with E-state index in [0.717, 1.165) is 33.8 Å². The summed E-state index contributed by atoms with van der Waals surface area (Å²) < 4.78 is 1.84. The molecular formula is C12H12N2OS4. The Balaban J connectivity index is 1.82.